The van der Waals surface area contributed by atoms with E-state index in [1.54, 1.807) is 32.0 Å². The average molecular weight is 279 g/mol. The normalized spacial score (nSPS) is 11.6. The van der Waals surface area contributed by atoms with E-state index in [9.17, 15) is 9.59 Å². The number of rotatable bonds is 6. The Labute approximate surface area is 118 Å². The molecule has 110 valence electrons. The number of nitrogen functional groups attached to an aromatic ring is 1. The van der Waals surface area contributed by atoms with E-state index in [0.717, 1.165) is 0 Å². The van der Waals surface area contributed by atoms with E-state index in [-0.39, 0.29) is 5.91 Å². The average Bonchev–Trinajstić information content (AvgIpc) is 2.41. The predicted molar refractivity (Wildman–Crippen MR) is 78.6 cm³/mol. The van der Waals surface area contributed by atoms with Gasteiger partial charge in [0.1, 0.15) is 6.04 Å². The molecule has 6 nitrogen and oxygen atoms in total. The highest BCUT2D eigenvalue weighted by Gasteiger charge is 2.14. The summed E-state index contributed by atoms with van der Waals surface area (Å²) in [4.78, 5) is 23.3. The molecule has 0 aliphatic rings. The quantitative estimate of drug-likeness (QED) is 0.540. The summed E-state index contributed by atoms with van der Waals surface area (Å²) in [6.45, 7) is 6.18. The maximum Gasteiger partial charge on any atom is 0.338 e. The fourth-order valence-corrected chi connectivity index (χ4v) is 1.65. The first-order chi connectivity index (χ1) is 9.49. The van der Waals surface area contributed by atoms with Crippen LogP contribution in [-0.4, -0.2) is 31.1 Å². The third-order valence-corrected chi connectivity index (χ3v) is 2.68. The zero-order chi connectivity index (χ0) is 15.1. The second-order valence-electron chi connectivity index (χ2n) is 4.28. The van der Waals surface area contributed by atoms with Gasteiger partial charge in [0.2, 0.25) is 5.91 Å². The van der Waals surface area contributed by atoms with Crippen molar-refractivity contribution < 1.29 is 14.3 Å². The third kappa shape index (κ3) is 4.15. The van der Waals surface area contributed by atoms with Crippen LogP contribution in [0.5, 0.6) is 0 Å². The SMILES string of the molecule is CCNC(=O)C(C)Nc1cc(C(=O)OCC)ccc1N. The van der Waals surface area contributed by atoms with Gasteiger partial charge >= 0.3 is 5.97 Å². The van der Waals surface area contributed by atoms with Crippen LogP contribution in [0.1, 0.15) is 31.1 Å². The highest BCUT2D eigenvalue weighted by Crippen LogP contribution is 2.21. The largest absolute Gasteiger partial charge is 0.462 e. The number of ether oxygens (including phenoxy) is 1. The van der Waals surface area contributed by atoms with Crippen LogP contribution in [0, 0.1) is 0 Å². The summed E-state index contributed by atoms with van der Waals surface area (Å²) in [7, 11) is 0. The molecule has 1 rings (SSSR count). The van der Waals surface area contributed by atoms with Crippen LogP contribution >= 0.6 is 0 Å². The van der Waals surface area contributed by atoms with Gasteiger partial charge in [-0.1, -0.05) is 0 Å². The van der Waals surface area contributed by atoms with Crippen molar-refractivity contribution in [1.29, 1.82) is 0 Å². The number of anilines is 2. The number of amides is 1. The molecule has 4 N–H and O–H groups in total. The molecule has 0 fully saturated rings. The minimum Gasteiger partial charge on any atom is -0.462 e. The minimum atomic E-state index is -0.449. The second-order valence-corrected chi connectivity index (χ2v) is 4.28. The summed E-state index contributed by atoms with van der Waals surface area (Å²) < 4.78 is 4.93. The van der Waals surface area contributed by atoms with Crippen LogP contribution in [0.15, 0.2) is 18.2 Å². The van der Waals surface area contributed by atoms with Crippen LogP contribution in [0.2, 0.25) is 0 Å². The third-order valence-electron chi connectivity index (χ3n) is 2.68. The van der Waals surface area contributed by atoms with Gasteiger partial charge in [0.15, 0.2) is 0 Å². The number of benzene rings is 1. The maximum atomic E-state index is 11.7. The van der Waals surface area contributed by atoms with Crippen LogP contribution < -0.4 is 16.4 Å². The van der Waals surface area contributed by atoms with E-state index in [4.69, 9.17) is 10.5 Å². The lowest BCUT2D eigenvalue weighted by atomic mass is 10.1. The first-order valence-electron chi connectivity index (χ1n) is 6.60. The van der Waals surface area contributed by atoms with Crippen LogP contribution in [-0.2, 0) is 9.53 Å². The highest BCUT2D eigenvalue weighted by molar-refractivity contribution is 5.93. The van der Waals surface area contributed by atoms with Crippen LogP contribution in [0.3, 0.4) is 0 Å². The van der Waals surface area contributed by atoms with Crippen molar-refractivity contribution >= 4 is 23.3 Å². The number of carbonyl (C=O) groups is 2. The lowest BCUT2D eigenvalue weighted by Gasteiger charge is -2.16. The van der Waals surface area contributed by atoms with Crippen molar-refractivity contribution in [1.82, 2.24) is 5.32 Å². The summed E-state index contributed by atoms with van der Waals surface area (Å²) in [5, 5.41) is 5.70. The van der Waals surface area contributed by atoms with Crippen molar-refractivity contribution in [3.63, 3.8) is 0 Å². The summed E-state index contributed by atoms with van der Waals surface area (Å²) in [5.74, 6) is -0.547. The molecule has 0 bridgehead atoms. The Morgan fingerprint density at radius 3 is 2.65 bits per heavy atom. The Kier molecular flexibility index (Phi) is 5.83. The Morgan fingerprint density at radius 2 is 2.05 bits per heavy atom. The minimum absolute atomic E-state index is 0.131. The Hall–Kier alpha value is -2.24. The van der Waals surface area contributed by atoms with E-state index in [2.05, 4.69) is 10.6 Å². The molecule has 0 radical (unpaired) electrons. The summed E-state index contributed by atoms with van der Waals surface area (Å²) in [6.07, 6.45) is 0. The maximum absolute atomic E-state index is 11.7. The first kappa shape index (κ1) is 15.8. The van der Waals surface area contributed by atoms with Gasteiger partial charge in [-0.15, -0.1) is 0 Å². The fourth-order valence-electron chi connectivity index (χ4n) is 1.65. The fraction of sp³-hybridized carbons (Fsp3) is 0.429. The zero-order valence-electron chi connectivity index (χ0n) is 12.0. The molecule has 1 aromatic rings. The van der Waals surface area contributed by atoms with Gasteiger partial charge in [-0.2, -0.15) is 0 Å². The number of nitrogens with two attached hydrogens (primary N) is 1. The molecule has 0 aliphatic carbocycles. The van der Waals surface area contributed by atoms with Gasteiger partial charge in [0.25, 0.3) is 0 Å². The molecule has 1 amide bonds. The van der Waals surface area contributed by atoms with Gasteiger partial charge in [0.05, 0.1) is 23.5 Å². The smallest absolute Gasteiger partial charge is 0.338 e. The predicted octanol–water partition coefficient (Wildman–Crippen LogP) is 1.38. The summed E-state index contributed by atoms with van der Waals surface area (Å²) in [6, 6.07) is 4.34. The monoisotopic (exact) mass is 279 g/mol. The molecule has 0 aromatic heterocycles. The topological polar surface area (TPSA) is 93.5 Å². The van der Waals surface area contributed by atoms with E-state index < -0.39 is 12.0 Å². The first-order valence-corrected chi connectivity index (χ1v) is 6.60. The Balaban J connectivity index is 2.86. The number of hydrogen-bond acceptors (Lipinski definition) is 5. The molecule has 0 saturated carbocycles. The van der Waals surface area contributed by atoms with E-state index in [1.165, 1.54) is 0 Å². The molecule has 0 spiro atoms. The number of carbonyl (C=O) groups excluding carboxylic acids is 2. The molecule has 1 aromatic carbocycles. The second kappa shape index (κ2) is 7.37. The van der Waals surface area contributed by atoms with Gasteiger partial charge in [0, 0.05) is 6.54 Å². The summed E-state index contributed by atoms with van der Waals surface area (Å²) in [5.41, 5.74) is 7.24. The van der Waals surface area contributed by atoms with Gasteiger partial charge < -0.3 is 21.1 Å². The van der Waals surface area contributed by atoms with E-state index >= 15 is 0 Å². The molecule has 6 heteroatoms. The van der Waals surface area contributed by atoms with E-state index in [1.807, 2.05) is 6.92 Å². The lowest BCUT2D eigenvalue weighted by molar-refractivity contribution is -0.121. The highest BCUT2D eigenvalue weighted by atomic mass is 16.5. The van der Waals surface area contributed by atoms with Crippen molar-refractivity contribution in [2.24, 2.45) is 0 Å². The molecule has 0 aliphatic heterocycles. The number of nitrogens with one attached hydrogen (secondary N) is 2. The molecular weight excluding hydrogens is 258 g/mol. The van der Waals surface area contributed by atoms with Crippen molar-refractivity contribution in [3.05, 3.63) is 23.8 Å². The van der Waals surface area contributed by atoms with E-state index in [0.29, 0.717) is 30.1 Å². The lowest BCUT2D eigenvalue weighted by Crippen LogP contribution is -2.37. The van der Waals surface area contributed by atoms with Crippen molar-refractivity contribution in [2.45, 2.75) is 26.8 Å². The summed E-state index contributed by atoms with van der Waals surface area (Å²) >= 11 is 0. The van der Waals surface area contributed by atoms with Crippen molar-refractivity contribution in [2.75, 3.05) is 24.2 Å². The molecule has 0 saturated heterocycles. The van der Waals surface area contributed by atoms with Gasteiger partial charge in [-0.3, -0.25) is 4.79 Å². The molecule has 20 heavy (non-hydrogen) atoms. The number of esters is 1. The van der Waals surface area contributed by atoms with Gasteiger partial charge in [-0.25, -0.2) is 4.79 Å². The number of hydrogen-bond donors (Lipinski definition) is 3. The molecule has 0 heterocycles. The van der Waals surface area contributed by atoms with Gasteiger partial charge in [-0.05, 0) is 39.0 Å². The Morgan fingerprint density at radius 1 is 1.35 bits per heavy atom. The van der Waals surface area contributed by atoms with Crippen LogP contribution in [0.25, 0.3) is 0 Å². The Bertz CT molecular complexity index is 489. The molecule has 1 atom stereocenters. The molecule has 1 unspecified atom stereocenters. The standard InChI is InChI=1S/C14H21N3O3/c1-4-16-13(18)9(3)17-12-8-10(6-7-11(12)15)14(19)20-5-2/h6-9,17H,4-5,15H2,1-3H3,(H,16,18). The molecular formula is C14H21N3O3. The van der Waals surface area contributed by atoms with Crippen molar-refractivity contribution in [3.8, 4) is 0 Å². The zero-order valence-corrected chi connectivity index (χ0v) is 12.0. The van der Waals surface area contributed by atoms with Crippen LogP contribution in [0.4, 0.5) is 11.4 Å². The number of likely N-dealkylation sites (N-methyl/N-ethyl adjacent to an activating group) is 1.